The minimum atomic E-state index is 0.157. The molecule has 0 spiro atoms. The molecule has 0 unspecified atom stereocenters. The molecule has 2 aromatic rings. The Morgan fingerprint density at radius 2 is 2.07 bits per heavy atom. The zero-order chi connectivity index (χ0) is 20.5. The van der Waals surface area contributed by atoms with Gasteiger partial charge in [0.2, 0.25) is 0 Å². The predicted octanol–water partition coefficient (Wildman–Crippen LogP) is 2.91. The molecule has 0 amide bonds. The molecule has 3 rings (SSSR count). The van der Waals surface area contributed by atoms with Gasteiger partial charge in [-0.15, -0.1) is 0 Å². The molecule has 1 saturated heterocycles. The van der Waals surface area contributed by atoms with Crippen LogP contribution in [0.4, 0.5) is 5.82 Å². The summed E-state index contributed by atoms with van der Waals surface area (Å²) in [7, 11) is 0. The Morgan fingerprint density at radius 3 is 2.76 bits per heavy atom. The summed E-state index contributed by atoms with van der Waals surface area (Å²) in [6.45, 7) is 7.75. The number of piperidine rings is 1. The number of nitrogens with zero attached hydrogens (tertiary/aromatic N) is 3. The molecule has 7 nitrogen and oxygen atoms in total. The molecule has 1 aliphatic rings. The van der Waals surface area contributed by atoms with Gasteiger partial charge in [0, 0.05) is 31.9 Å². The summed E-state index contributed by atoms with van der Waals surface area (Å²) < 4.78 is 5.46. The number of hydrogen-bond donors (Lipinski definition) is 3. The molecule has 0 radical (unpaired) electrons. The number of aliphatic imine (C=N–C) groups is 1. The Balaban J connectivity index is 1.57. The molecule has 1 aromatic carbocycles. The third kappa shape index (κ3) is 6.01. The lowest BCUT2D eigenvalue weighted by molar-refractivity contribution is 0.318. The molecule has 0 aliphatic carbocycles. The maximum absolute atomic E-state index is 9.85. The maximum atomic E-state index is 9.85. The first kappa shape index (κ1) is 20.8. The predicted molar refractivity (Wildman–Crippen MR) is 117 cm³/mol. The fourth-order valence-electron chi connectivity index (χ4n) is 3.41. The van der Waals surface area contributed by atoms with Crippen molar-refractivity contribution in [3.63, 3.8) is 0 Å². The number of anilines is 1. The van der Waals surface area contributed by atoms with Crippen LogP contribution in [0.15, 0.2) is 47.6 Å². The number of rotatable bonds is 7. The van der Waals surface area contributed by atoms with E-state index in [-0.39, 0.29) is 5.75 Å². The lowest BCUT2D eigenvalue weighted by atomic mass is 10.1. The van der Waals surface area contributed by atoms with Gasteiger partial charge in [-0.3, -0.25) is 0 Å². The van der Waals surface area contributed by atoms with E-state index in [9.17, 15) is 5.11 Å². The van der Waals surface area contributed by atoms with Gasteiger partial charge in [-0.1, -0.05) is 12.1 Å². The summed E-state index contributed by atoms with van der Waals surface area (Å²) in [5, 5.41) is 16.7. The third-order valence-electron chi connectivity index (χ3n) is 4.90. The van der Waals surface area contributed by atoms with E-state index in [4.69, 9.17) is 9.73 Å². The Morgan fingerprint density at radius 1 is 1.24 bits per heavy atom. The second-order valence-corrected chi connectivity index (χ2v) is 7.02. The van der Waals surface area contributed by atoms with Crippen LogP contribution in [0.25, 0.3) is 0 Å². The number of pyridine rings is 1. The fourth-order valence-corrected chi connectivity index (χ4v) is 3.41. The maximum Gasteiger partial charge on any atom is 0.191 e. The highest BCUT2D eigenvalue weighted by molar-refractivity contribution is 5.80. The Bertz CT molecular complexity index is 789. The summed E-state index contributed by atoms with van der Waals surface area (Å²) in [4.78, 5) is 11.5. The van der Waals surface area contributed by atoms with E-state index in [1.165, 1.54) is 0 Å². The van der Waals surface area contributed by atoms with Gasteiger partial charge in [0.05, 0.1) is 13.2 Å². The second kappa shape index (κ2) is 10.5. The number of benzene rings is 1. The Hall–Kier alpha value is -2.96. The molecular formula is C22H31N5O2. The van der Waals surface area contributed by atoms with Crippen molar-refractivity contribution in [1.82, 2.24) is 15.6 Å². The van der Waals surface area contributed by atoms with Crippen molar-refractivity contribution in [2.75, 3.05) is 31.1 Å². The highest BCUT2D eigenvalue weighted by Gasteiger charge is 2.20. The van der Waals surface area contributed by atoms with E-state index < -0.39 is 0 Å². The number of hydrogen-bond acceptors (Lipinski definition) is 5. The van der Waals surface area contributed by atoms with Gasteiger partial charge in [-0.05, 0) is 56.5 Å². The highest BCUT2D eigenvalue weighted by atomic mass is 16.5. The van der Waals surface area contributed by atoms with Crippen LogP contribution < -0.4 is 20.3 Å². The SMILES string of the molecule is CCNC(=NCc1ccc(O)c(OCC)c1)NC1CCN(c2ccccn2)CC1. The lowest BCUT2D eigenvalue weighted by Crippen LogP contribution is -2.48. The van der Waals surface area contributed by atoms with Gasteiger partial charge >= 0.3 is 0 Å². The van der Waals surface area contributed by atoms with Crippen LogP contribution in [-0.2, 0) is 6.54 Å². The molecule has 7 heteroatoms. The Kier molecular flexibility index (Phi) is 7.55. The summed E-state index contributed by atoms with van der Waals surface area (Å²) in [6, 6.07) is 11.8. The van der Waals surface area contributed by atoms with Gasteiger partial charge in [0.25, 0.3) is 0 Å². The Labute approximate surface area is 172 Å². The lowest BCUT2D eigenvalue weighted by Gasteiger charge is -2.33. The first-order valence-electron chi connectivity index (χ1n) is 10.3. The first-order chi connectivity index (χ1) is 14.2. The molecule has 3 N–H and O–H groups in total. The van der Waals surface area contributed by atoms with E-state index in [0.717, 1.165) is 49.8 Å². The number of phenols is 1. The summed E-state index contributed by atoms with van der Waals surface area (Å²) in [5.41, 5.74) is 0.994. The first-order valence-corrected chi connectivity index (χ1v) is 10.3. The third-order valence-corrected chi connectivity index (χ3v) is 4.90. The van der Waals surface area contributed by atoms with Gasteiger partial charge in [-0.2, -0.15) is 0 Å². The van der Waals surface area contributed by atoms with Crippen LogP contribution in [0, 0.1) is 0 Å². The number of nitrogens with one attached hydrogen (secondary N) is 2. The average Bonchev–Trinajstić information content (AvgIpc) is 2.75. The largest absolute Gasteiger partial charge is 0.504 e. The van der Waals surface area contributed by atoms with Crippen molar-refractivity contribution in [3.05, 3.63) is 48.2 Å². The minimum absolute atomic E-state index is 0.157. The van der Waals surface area contributed by atoms with Crippen LogP contribution in [-0.4, -0.2) is 48.3 Å². The van der Waals surface area contributed by atoms with Gasteiger partial charge in [0.1, 0.15) is 5.82 Å². The monoisotopic (exact) mass is 397 g/mol. The van der Waals surface area contributed by atoms with E-state index in [2.05, 4.69) is 33.5 Å². The van der Waals surface area contributed by atoms with Crippen molar-refractivity contribution >= 4 is 11.8 Å². The molecule has 0 saturated carbocycles. The van der Waals surface area contributed by atoms with Crippen LogP contribution in [0.3, 0.4) is 0 Å². The standard InChI is InChI=1S/C22H31N5O2/c1-3-23-22(25-16-17-8-9-19(28)20(15-17)29-4-2)26-18-10-13-27(14-11-18)21-7-5-6-12-24-21/h5-9,12,15,18,28H,3-4,10-11,13-14,16H2,1-2H3,(H2,23,25,26). The average molecular weight is 398 g/mol. The van der Waals surface area contributed by atoms with Crippen LogP contribution in [0.1, 0.15) is 32.3 Å². The quantitative estimate of drug-likeness (QED) is 0.492. The topological polar surface area (TPSA) is 82.0 Å². The molecule has 156 valence electrons. The summed E-state index contributed by atoms with van der Waals surface area (Å²) in [5.74, 6) is 2.52. The minimum Gasteiger partial charge on any atom is -0.504 e. The smallest absolute Gasteiger partial charge is 0.191 e. The molecule has 1 aliphatic heterocycles. The van der Waals surface area contributed by atoms with E-state index in [0.29, 0.717) is 24.9 Å². The number of phenolic OH excluding ortho intramolecular Hbond substituents is 1. The number of aromatic hydroxyl groups is 1. The highest BCUT2D eigenvalue weighted by Crippen LogP contribution is 2.27. The van der Waals surface area contributed by atoms with E-state index in [1.54, 1.807) is 6.07 Å². The van der Waals surface area contributed by atoms with Crippen LogP contribution in [0.2, 0.25) is 0 Å². The molecule has 0 bridgehead atoms. The van der Waals surface area contributed by atoms with E-state index in [1.807, 2.05) is 37.4 Å². The van der Waals surface area contributed by atoms with Gasteiger partial charge in [-0.25, -0.2) is 9.98 Å². The zero-order valence-electron chi connectivity index (χ0n) is 17.3. The van der Waals surface area contributed by atoms with Crippen molar-refractivity contribution < 1.29 is 9.84 Å². The van der Waals surface area contributed by atoms with Crippen molar-refractivity contribution in [2.45, 2.75) is 39.3 Å². The molecule has 1 fully saturated rings. The summed E-state index contributed by atoms with van der Waals surface area (Å²) in [6.07, 6.45) is 3.92. The fraction of sp³-hybridized carbons (Fsp3) is 0.455. The molecule has 29 heavy (non-hydrogen) atoms. The van der Waals surface area contributed by atoms with Gasteiger partial charge < -0.3 is 25.4 Å². The molecule has 2 heterocycles. The van der Waals surface area contributed by atoms with Crippen LogP contribution >= 0.6 is 0 Å². The number of ether oxygens (including phenoxy) is 1. The number of aromatic nitrogens is 1. The van der Waals surface area contributed by atoms with Crippen LogP contribution in [0.5, 0.6) is 11.5 Å². The molecule has 1 aromatic heterocycles. The van der Waals surface area contributed by atoms with Gasteiger partial charge in [0.15, 0.2) is 17.5 Å². The second-order valence-electron chi connectivity index (χ2n) is 7.02. The van der Waals surface area contributed by atoms with Crippen molar-refractivity contribution in [1.29, 1.82) is 0 Å². The van der Waals surface area contributed by atoms with Crippen molar-refractivity contribution in [3.8, 4) is 11.5 Å². The van der Waals surface area contributed by atoms with Crippen molar-refractivity contribution in [2.24, 2.45) is 4.99 Å². The number of guanidine groups is 1. The zero-order valence-corrected chi connectivity index (χ0v) is 17.3. The summed E-state index contributed by atoms with van der Waals surface area (Å²) >= 11 is 0. The van der Waals surface area contributed by atoms with E-state index >= 15 is 0 Å². The molecular weight excluding hydrogens is 366 g/mol. The normalized spacial score (nSPS) is 15.2. The molecule has 0 atom stereocenters.